The van der Waals surface area contributed by atoms with Gasteiger partial charge in [-0.1, -0.05) is 0 Å². The van der Waals surface area contributed by atoms with Gasteiger partial charge in [-0.25, -0.2) is 14.8 Å². The highest BCUT2D eigenvalue weighted by Crippen LogP contribution is 2.28. The third-order valence-electron chi connectivity index (χ3n) is 5.82. The molecule has 0 spiro atoms. The molecule has 1 saturated heterocycles. The topological polar surface area (TPSA) is 112 Å². The minimum absolute atomic E-state index is 0.0430. The van der Waals surface area contributed by atoms with E-state index in [0.29, 0.717) is 69.6 Å². The number of carbonyl (C=O) groups excluding carboxylic acids is 2. The number of rotatable bonds is 6. The fraction of sp³-hybridized carbons (Fsp3) is 0.391. The number of nitrogens with one attached hydrogen (secondary N) is 1. The number of ether oxygens (including phenoxy) is 1. The van der Waals surface area contributed by atoms with Crippen molar-refractivity contribution in [2.24, 2.45) is 9.98 Å². The molecule has 33 heavy (non-hydrogen) atoms. The van der Waals surface area contributed by atoms with Gasteiger partial charge in [0, 0.05) is 56.3 Å². The van der Waals surface area contributed by atoms with Gasteiger partial charge in [-0.3, -0.25) is 14.8 Å². The zero-order chi connectivity index (χ0) is 22.6. The van der Waals surface area contributed by atoms with Crippen LogP contribution in [0.25, 0.3) is 0 Å². The van der Waals surface area contributed by atoms with Crippen LogP contribution >= 0.6 is 0 Å². The molecule has 0 aliphatic carbocycles. The minimum atomic E-state index is -0.0820. The molecule has 170 valence electrons. The first kappa shape index (κ1) is 21.2. The van der Waals surface area contributed by atoms with E-state index in [2.05, 4.69) is 15.3 Å². The Bertz CT molecular complexity index is 1110. The maximum absolute atomic E-state index is 12.8. The molecule has 0 unspecified atom stereocenters. The van der Waals surface area contributed by atoms with Crippen LogP contribution in [0.1, 0.15) is 28.0 Å². The quantitative estimate of drug-likeness (QED) is 0.671. The monoisotopic (exact) mass is 447 g/mol. The first-order valence-corrected chi connectivity index (χ1v) is 11.1. The molecule has 0 radical (unpaired) electrons. The summed E-state index contributed by atoms with van der Waals surface area (Å²) in [4.78, 5) is 46.9. The third-order valence-corrected chi connectivity index (χ3v) is 5.82. The van der Waals surface area contributed by atoms with Gasteiger partial charge >= 0.3 is 6.03 Å². The smallest absolute Gasteiger partial charge is 0.317 e. The number of pyridine rings is 2. The molecule has 0 aromatic carbocycles. The largest absolute Gasteiger partial charge is 0.378 e. The first-order valence-electron chi connectivity index (χ1n) is 11.1. The fourth-order valence-corrected chi connectivity index (χ4v) is 4.08. The molecule has 2 amide bonds. The van der Waals surface area contributed by atoms with Crippen LogP contribution in [-0.4, -0.2) is 89.2 Å². The third kappa shape index (κ3) is 4.61. The van der Waals surface area contributed by atoms with Crippen LogP contribution in [0.3, 0.4) is 0 Å². The van der Waals surface area contributed by atoms with Gasteiger partial charge < -0.3 is 19.9 Å². The van der Waals surface area contributed by atoms with Gasteiger partial charge in [-0.05, 0) is 24.3 Å². The second kappa shape index (κ2) is 9.45. The number of hydrogen-bond donors (Lipinski definition) is 1. The molecule has 0 saturated carbocycles. The van der Waals surface area contributed by atoms with Crippen molar-refractivity contribution < 1.29 is 14.3 Å². The second-order valence-electron chi connectivity index (χ2n) is 7.98. The zero-order valence-electron chi connectivity index (χ0n) is 18.2. The molecule has 10 nitrogen and oxygen atoms in total. The molecule has 3 aliphatic rings. The van der Waals surface area contributed by atoms with E-state index in [0.717, 1.165) is 17.1 Å². The first-order chi connectivity index (χ1) is 16.2. The summed E-state index contributed by atoms with van der Waals surface area (Å²) in [6, 6.07) is 7.34. The van der Waals surface area contributed by atoms with Gasteiger partial charge in [0.15, 0.2) is 11.6 Å². The van der Waals surface area contributed by atoms with Crippen LogP contribution in [0.5, 0.6) is 0 Å². The highest BCUT2D eigenvalue weighted by Gasteiger charge is 2.31. The number of amidine groups is 2. The minimum Gasteiger partial charge on any atom is -0.378 e. The molecule has 2 aromatic rings. The van der Waals surface area contributed by atoms with Crippen molar-refractivity contribution in [3.63, 3.8) is 0 Å². The van der Waals surface area contributed by atoms with E-state index >= 15 is 0 Å². The number of hydrogen-bond acceptors (Lipinski definition) is 8. The summed E-state index contributed by atoms with van der Waals surface area (Å²) in [5.41, 5.74) is 2.25. The second-order valence-corrected chi connectivity index (χ2v) is 7.98. The summed E-state index contributed by atoms with van der Waals surface area (Å²) >= 11 is 0. The summed E-state index contributed by atoms with van der Waals surface area (Å²) in [6.07, 6.45) is 3.95. The van der Waals surface area contributed by atoms with Crippen LogP contribution in [0, 0.1) is 0 Å². The average Bonchev–Trinajstić information content (AvgIpc) is 3.35. The summed E-state index contributed by atoms with van der Waals surface area (Å²) in [6.45, 7) is 4.20. The highest BCUT2D eigenvalue weighted by atomic mass is 16.5. The Balaban J connectivity index is 1.29. The van der Waals surface area contributed by atoms with Crippen molar-refractivity contribution in [3.05, 3.63) is 53.5 Å². The fourth-order valence-electron chi connectivity index (χ4n) is 4.08. The summed E-state index contributed by atoms with van der Waals surface area (Å²) in [5.74, 6) is 1.99. The van der Waals surface area contributed by atoms with Crippen molar-refractivity contribution in [2.45, 2.75) is 12.8 Å². The number of carbonyl (C=O) groups is 2. The van der Waals surface area contributed by atoms with E-state index in [4.69, 9.17) is 14.7 Å². The Labute approximate surface area is 191 Å². The van der Waals surface area contributed by atoms with E-state index in [9.17, 15) is 9.59 Å². The molecule has 1 fully saturated rings. The predicted octanol–water partition coefficient (Wildman–Crippen LogP) is 1.44. The molecular formula is C23H25N7O3. The average molecular weight is 447 g/mol. The lowest BCUT2D eigenvalue weighted by molar-refractivity contribution is 0.0533. The Morgan fingerprint density at radius 2 is 2.00 bits per heavy atom. The van der Waals surface area contributed by atoms with Gasteiger partial charge in [0.05, 0.1) is 31.7 Å². The molecule has 2 aromatic heterocycles. The molecular weight excluding hydrogens is 422 g/mol. The van der Waals surface area contributed by atoms with E-state index in [1.165, 1.54) is 0 Å². The Hall–Kier alpha value is -3.66. The van der Waals surface area contributed by atoms with E-state index in [1.54, 1.807) is 29.4 Å². The molecule has 0 bridgehead atoms. The van der Waals surface area contributed by atoms with Crippen LogP contribution in [-0.2, 0) is 11.2 Å². The van der Waals surface area contributed by atoms with Crippen LogP contribution in [0.4, 0.5) is 10.6 Å². The van der Waals surface area contributed by atoms with Crippen LogP contribution < -0.4 is 5.32 Å². The van der Waals surface area contributed by atoms with Crippen molar-refractivity contribution in [1.29, 1.82) is 0 Å². The molecule has 1 N–H and O–H groups in total. The number of aliphatic imine (C=N–C) groups is 2. The van der Waals surface area contributed by atoms with Gasteiger partial charge in [0.1, 0.15) is 11.7 Å². The molecule has 10 heteroatoms. The lowest BCUT2D eigenvalue weighted by atomic mass is 10.1. The summed E-state index contributed by atoms with van der Waals surface area (Å²) in [7, 11) is 0. The molecule has 0 atom stereocenters. The standard InChI is InChI=1S/C23H25N7O3/c31-19(16-2-1-6-24-15-16)14-20-28-21-18(22-25-8-9-30(20)22)4-3-17(27-21)5-7-26-23(32)29-10-12-33-13-11-29/h1-4,6,15H,5,7-14H2,(H,26,32). The number of aromatic nitrogens is 2. The number of ketones is 1. The van der Waals surface area contributed by atoms with Crippen LogP contribution in [0.2, 0.25) is 0 Å². The SMILES string of the molecule is O=C(CC1=Nc2nc(CCNC(=O)N3CCOCC3)ccc2C2=NCCN12)c1cccnc1. The van der Waals surface area contributed by atoms with Crippen molar-refractivity contribution in [2.75, 3.05) is 45.9 Å². The predicted molar refractivity (Wildman–Crippen MR) is 122 cm³/mol. The summed E-state index contributed by atoms with van der Waals surface area (Å²) < 4.78 is 5.28. The zero-order valence-corrected chi connectivity index (χ0v) is 18.2. The highest BCUT2D eigenvalue weighted by molar-refractivity contribution is 6.20. The van der Waals surface area contributed by atoms with Crippen molar-refractivity contribution in [1.82, 2.24) is 25.1 Å². The maximum Gasteiger partial charge on any atom is 0.317 e. The summed E-state index contributed by atoms with van der Waals surface area (Å²) in [5, 5.41) is 2.94. The van der Waals surface area contributed by atoms with E-state index in [-0.39, 0.29) is 18.2 Å². The maximum atomic E-state index is 12.8. The van der Waals surface area contributed by atoms with Gasteiger partial charge in [0.25, 0.3) is 0 Å². The normalized spacial score (nSPS) is 17.1. The molecule has 5 rings (SSSR count). The number of urea groups is 1. The van der Waals surface area contributed by atoms with Gasteiger partial charge in [-0.2, -0.15) is 0 Å². The number of Topliss-reactive ketones (excluding diaryl/α,β-unsaturated/α-hetero) is 1. The van der Waals surface area contributed by atoms with E-state index < -0.39 is 0 Å². The molecule has 3 aliphatic heterocycles. The Kier molecular flexibility index (Phi) is 6.07. The van der Waals surface area contributed by atoms with Gasteiger partial charge in [-0.15, -0.1) is 0 Å². The lowest BCUT2D eigenvalue weighted by Gasteiger charge is -2.27. The lowest BCUT2D eigenvalue weighted by Crippen LogP contribution is -2.46. The number of fused-ring (bicyclic) bond motifs is 3. The number of morpholine rings is 1. The van der Waals surface area contributed by atoms with Crippen molar-refractivity contribution >= 4 is 29.3 Å². The number of nitrogens with zero attached hydrogens (tertiary/aromatic N) is 6. The Morgan fingerprint density at radius 3 is 2.82 bits per heavy atom. The van der Waals surface area contributed by atoms with E-state index in [1.807, 2.05) is 17.0 Å². The van der Waals surface area contributed by atoms with Crippen LogP contribution in [0.15, 0.2) is 46.6 Å². The molecule has 5 heterocycles. The van der Waals surface area contributed by atoms with Crippen molar-refractivity contribution in [3.8, 4) is 0 Å². The Morgan fingerprint density at radius 1 is 1.12 bits per heavy atom. The van der Waals surface area contributed by atoms with Gasteiger partial charge in [0.2, 0.25) is 0 Å². The number of amides is 2.